The largest absolute Gasteiger partial charge is 0.358 e. The average molecular weight is 227 g/mol. The van der Waals surface area contributed by atoms with Crippen LogP contribution in [0.25, 0.3) is 0 Å². The molecule has 1 amide bonds. The summed E-state index contributed by atoms with van der Waals surface area (Å²) in [6.07, 6.45) is 11.0. The second kappa shape index (κ2) is 7.80. The first kappa shape index (κ1) is 12.6. The van der Waals surface area contributed by atoms with E-state index in [1.54, 1.807) is 18.8 Å². The lowest BCUT2D eigenvalue weighted by Crippen LogP contribution is -2.20. The lowest BCUT2D eigenvalue weighted by Gasteiger charge is -2.16. The van der Waals surface area contributed by atoms with Gasteiger partial charge < -0.3 is 5.32 Å². The van der Waals surface area contributed by atoms with Crippen LogP contribution in [0.3, 0.4) is 0 Å². The molecule has 0 aliphatic heterocycles. The summed E-state index contributed by atoms with van der Waals surface area (Å²) in [6, 6.07) is 0. The normalized spacial score (nSPS) is 23.9. The minimum Gasteiger partial charge on any atom is -0.358 e. The number of allylic oxidation sites excluding steroid dienone is 2. The molecule has 0 aromatic rings. The topological polar surface area (TPSA) is 29.1 Å². The van der Waals surface area contributed by atoms with Crippen molar-refractivity contribution in [1.29, 1.82) is 0 Å². The van der Waals surface area contributed by atoms with Gasteiger partial charge in [0.25, 0.3) is 0 Å². The van der Waals surface area contributed by atoms with E-state index < -0.39 is 0 Å². The van der Waals surface area contributed by atoms with Gasteiger partial charge in [0.1, 0.15) is 0 Å². The van der Waals surface area contributed by atoms with Crippen molar-refractivity contribution in [2.75, 3.05) is 18.6 Å². The van der Waals surface area contributed by atoms with E-state index in [-0.39, 0.29) is 5.91 Å². The van der Waals surface area contributed by atoms with E-state index in [1.165, 1.54) is 32.1 Å². The van der Waals surface area contributed by atoms with Crippen molar-refractivity contribution >= 4 is 17.7 Å². The van der Waals surface area contributed by atoms with E-state index >= 15 is 0 Å². The summed E-state index contributed by atoms with van der Waals surface area (Å²) in [5, 5.41) is 2.65. The summed E-state index contributed by atoms with van der Waals surface area (Å²) in [5.41, 5.74) is 0. The highest BCUT2D eigenvalue weighted by Crippen LogP contribution is 2.22. The van der Waals surface area contributed by atoms with Crippen LogP contribution in [-0.4, -0.2) is 24.5 Å². The second-order valence-corrected chi connectivity index (χ2v) is 5.06. The standard InChI is InChI=1S/C12H21NOS/c1-13-12(14)10-15-9-11-7-5-3-2-4-6-8-11/h2-3,11H,4-10H2,1H3,(H,13,14)/b3-2-. The predicted octanol–water partition coefficient (Wildman–Crippen LogP) is 2.60. The van der Waals surface area contributed by atoms with Gasteiger partial charge in [-0.1, -0.05) is 12.2 Å². The number of nitrogens with one attached hydrogen (secondary N) is 1. The minimum absolute atomic E-state index is 0.144. The maximum Gasteiger partial charge on any atom is 0.229 e. The predicted molar refractivity (Wildman–Crippen MR) is 67.1 cm³/mol. The fourth-order valence-electron chi connectivity index (χ4n) is 1.79. The molecular formula is C12H21NOS. The first-order chi connectivity index (χ1) is 7.33. The molecule has 1 aliphatic rings. The zero-order valence-electron chi connectivity index (χ0n) is 9.50. The molecule has 0 bridgehead atoms. The zero-order valence-corrected chi connectivity index (χ0v) is 10.3. The van der Waals surface area contributed by atoms with E-state index in [0.29, 0.717) is 5.75 Å². The molecular weight excluding hydrogens is 206 g/mol. The van der Waals surface area contributed by atoms with Crippen molar-refractivity contribution < 1.29 is 4.79 Å². The van der Waals surface area contributed by atoms with Crippen LogP contribution in [0.2, 0.25) is 0 Å². The minimum atomic E-state index is 0.144. The van der Waals surface area contributed by atoms with E-state index in [1.807, 2.05) is 0 Å². The molecule has 15 heavy (non-hydrogen) atoms. The lowest BCUT2D eigenvalue weighted by molar-refractivity contribution is -0.118. The van der Waals surface area contributed by atoms with Gasteiger partial charge in [0, 0.05) is 7.05 Å². The fraction of sp³-hybridized carbons (Fsp3) is 0.750. The van der Waals surface area contributed by atoms with Crippen LogP contribution in [0.1, 0.15) is 32.1 Å². The number of carbonyl (C=O) groups is 1. The Bertz CT molecular complexity index is 216. The number of thioether (sulfide) groups is 1. The van der Waals surface area contributed by atoms with Gasteiger partial charge in [-0.3, -0.25) is 4.79 Å². The van der Waals surface area contributed by atoms with Gasteiger partial charge in [0.05, 0.1) is 5.75 Å². The Morgan fingerprint density at radius 3 is 3.00 bits per heavy atom. The van der Waals surface area contributed by atoms with Crippen molar-refractivity contribution in [2.45, 2.75) is 32.1 Å². The molecule has 1 aliphatic carbocycles. The molecule has 0 spiro atoms. The molecule has 1 atom stereocenters. The summed E-state index contributed by atoms with van der Waals surface area (Å²) in [5.74, 6) is 2.71. The first-order valence-corrected chi connectivity index (χ1v) is 6.91. The zero-order chi connectivity index (χ0) is 10.9. The summed E-state index contributed by atoms with van der Waals surface area (Å²) < 4.78 is 0. The maximum atomic E-state index is 11.0. The van der Waals surface area contributed by atoms with E-state index in [9.17, 15) is 4.79 Å². The van der Waals surface area contributed by atoms with Crippen LogP contribution in [0.5, 0.6) is 0 Å². The van der Waals surface area contributed by atoms with Crippen LogP contribution in [0.4, 0.5) is 0 Å². The third-order valence-corrected chi connectivity index (χ3v) is 3.93. The molecule has 1 rings (SSSR count). The Morgan fingerprint density at radius 1 is 1.40 bits per heavy atom. The molecule has 86 valence electrons. The molecule has 0 fully saturated rings. The van der Waals surface area contributed by atoms with Gasteiger partial charge >= 0.3 is 0 Å². The van der Waals surface area contributed by atoms with Crippen LogP contribution in [0.15, 0.2) is 12.2 Å². The van der Waals surface area contributed by atoms with E-state index in [4.69, 9.17) is 0 Å². The Balaban J connectivity index is 2.13. The van der Waals surface area contributed by atoms with E-state index in [2.05, 4.69) is 17.5 Å². The Hall–Kier alpha value is -0.440. The molecule has 1 unspecified atom stereocenters. The first-order valence-electron chi connectivity index (χ1n) is 5.76. The van der Waals surface area contributed by atoms with Crippen LogP contribution >= 0.6 is 11.8 Å². The maximum absolute atomic E-state index is 11.0. The van der Waals surface area contributed by atoms with Gasteiger partial charge in [-0.05, 0) is 43.8 Å². The molecule has 0 saturated carbocycles. The van der Waals surface area contributed by atoms with Crippen molar-refractivity contribution in [3.8, 4) is 0 Å². The number of amides is 1. The molecule has 2 nitrogen and oxygen atoms in total. The number of hydrogen-bond acceptors (Lipinski definition) is 2. The van der Waals surface area contributed by atoms with Crippen molar-refractivity contribution in [3.63, 3.8) is 0 Å². The van der Waals surface area contributed by atoms with Gasteiger partial charge in [0.2, 0.25) is 5.91 Å². The summed E-state index contributed by atoms with van der Waals surface area (Å²) in [6.45, 7) is 0. The molecule has 0 aromatic carbocycles. The third kappa shape index (κ3) is 5.88. The lowest BCUT2D eigenvalue weighted by atomic mass is 9.96. The molecule has 1 N–H and O–H groups in total. The van der Waals surface area contributed by atoms with Crippen molar-refractivity contribution in [1.82, 2.24) is 5.32 Å². The van der Waals surface area contributed by atoms with Crippen LogP contribution < -0.4 is 5.32 Å². The van der Waals surface area contributed by atoms with Gasteiger partial charge in [-0.25, -0.2) is 0 Å². The summed E-state index contributed by atoms with van der Waals surface area (Å²) in [7, 11) is 1.70. The van der Waals surface area contributed by atoms with Crippen LogP contribution in [0, 0.1) is 5.92 Å². The van der Waals surface area contributed by atoms with Gasteiger partial charge in [-0.2, -0.15) is 11.8 Å². The monoisotopic (exact) mass is 227 g/mol. The highest BCUT2D eigenvalue weighted by atomic mass is 32.2. The van der Waals surface area contributed by atoms with Gasteiger partial charge in [0.15, 0.2) is 0 Å². The molecule has 0 saturated heterocycles. The molecule has 0 heterocycles. The summed E-state index contributed by atoms with van der Waals surface area (Å²) in [4.78, 5) is 11.0. The second-order valence-electron chi connectivity index (χ2n) is 4.03. The third-order valence-electron chi connectivity index (χ3n) is 2.76. The number of rotatable bonds is 4. The fourth-order valence-corrected chi connectivity index (χ4v) is 2.91. The Labute approximate surface area is 96.9 Å². The van der Waals surface area contributed by atoms with Crippen molar-refractivity contribution in [2.24, 2.45) is 5.92 Å². The quantitative estimate of drug-likeness (QED) is 0.748. The SMILES string of the molecule is CNC(=O)CSCC1CC/C=C\CCC1. The number of hydrogen-bond donors (Lipinski definition) is 1. The Kier molecular flexibility index (Phi) is 6.57. The van der Waals surface area contributed by atoms with Crippen molar-refractivity contribution in [3.05, 3.63) is 12.2 Å². The smallest absolute Gasteiger partial charge is 0.229 e. The highest BCUT2D eigenvalue weighted by molar-refractivity contribution is 7.99. The van der Waals surface area contributed by atoms with Crippen LogP contribution in [-0.2, 0) is 4.79 Å². The highest BCUT2D eigenvalue weighted by Gasteiger charge is 2.10. The molecule has 0 aromatic heterocycles. The van der Waals surface area contributed by atoms with Gasteiger partial charge in [-0.15, -0.1) is 0 Å². The molecule has 0 radical (unpaired) electrons. The molecule has 3 heteroatoms. The summed E-state index contributed by atoms with van der Waals surface area (Å²) >= 11 is 1.77. The average Bonchev–Trinajstić information content (AvgIpc) is 2.20. The van der Waals surface area contributed by atoms with E-state index in [0.717, 1.165) is 11.7 Å². The number of carbonyl (C=O) groups excluding carboxylic acids is 1. The Morgan fingerprint density at radius 2 is 2.20 bits per heavy atom.